The molecule has 24 heteroatoms. The van der Waals surface area contributed by atoms with E-state index in [0.717, 1.165) is 0 Å². The van der Waals surface area contributed by atoms with Gasteiger partial charge in [0.1, 0.15) is 54.8 Å². The molecule has 0 bridgehead atoms. The highest BCUT2D eigenvalue weighted by Gasteiger charge is 2.53. The van der Waals surface area contributed by atoms with Gasteiger partial charge in [0, 0.05) is 33.0 Å². The minimum atomic E-state index is -5.38. The molecule has 10 N–H and O–H groups in total. The van der Waals surface area contributed by atoms with E-state index in [1.165, 1.54) is 40.0 Å². The van der Waals surface area contributed by atoms with Gasteiger partial charge in [0.05, 0.1) is 6.33 Å². The number of fused-ring (bicyclic) bond motifs is 1. The zero-order valence-corrected chi connectivity index (χ0v) is 26.5. The second kappa shape index (κ2) is 13.3. The first-order valence-electron chi connectivity index (χ1n) is 12.7. The number of hydrogen-bond donors (Lipinski definition) is 8. The number of nitrogen functional groups attached to an aromatic ring is 1. The highest BCUT2D eigenvalue weighted by atomic mass is 127. The molecule has 2 aliphatic rings. The van der Waals surface area contributed by atoms with Crippen LogP contribution >= 0.6 is 38.9 Å². The standard InChI is InChI=1S/C21H26IN7O14P2/c22-21-26-16(23)11-18(27-21)29(7-25-11)20-15(33)13(31)10(42-20)6-40-45(37,38)43-44(35,36)39-5-9-12(30)14(32)19(41-9)28-3-1-2-8(4-28)17(24)34/h1-4,7,9-10,12-15,19-20,30-33H,5-6H2,(H5-,23,24,26,27,34,35,36,37,38)/p+1/t9-,10-,12-,13-,14-,15-,19-,20-/m1/s1. The van der Waals surface area contributed by atoms with E-state index in [1.54, 1.807) is 0 Å². The van der Waals surface area contributed by atoms with E-state index < -0.39 is 84.5 Å². The van der Waals surface area contributed by atoms with Crippen molar-refractivity contribution in [1.29, 1.82) is 0 Å². The summed E-state index contributed by atoms with van der Waals surface area (Å²) in [5, 5.41) is 41.8. The zero-order valence-electron chi connectivity index (χ0n) is 22.5. The van der Waals surface area contributed by atoms with Crippen molar-refractivity contribution in [3.05, 3.63) is 40.2 Å². The number of halogens is 1. The summed E-state index contributed by atoms with van der Waals surface area (Å²) in [5.74, 6) is -0.706. The summed E-state index contributed by atoms with van der Waals surface area (Å²) in [6.45, 7) is -1.80. The van der Waals surface area contributed by atoms with Gasteiger partial charge in [-0.25, -0.2) is 15.0 Å². The van der Waals surface area contributed by atoms with Crippen LogP contribution in [0.4, 0.5) is 5.82 Å². The van der Waals surface area contributed by atoms with Gasteiger partial charge >= 0.3 is 16.3 Å². The highest BCUT2D eigenvalue weighted by Crippen LogP contribution is 2.65. The Morgan fingerprint density at radius 1 is 1.04 bits per heavy atom. The fourth-order valence-corrected chi connectivity index (χ4v) is 7.20. The number of phosphoric acid groups is 2. The van der Waals surface area contributed by atoms with Crippen LogP contribution in [-0.2, 0) is 22.8 Å². The summed E-state index contributed by atoms with van der Waals surface area (Å²) in [7, 11) is -10.8. The fraction of sp³-hybridized carbons (Fsp3) is 0.476. The number of anilines is 1. The maximum atomic E-state index is 12.5. The number of rotatable bonds is 11. The summed E-state index contributed by atoms with van der Waals surface area (Å²) in [6, 6.07) is 2.84. The molecule has 21 nitrogen and oxygen atoms in total. The van der Waals surface area contributed by atoms with Crippen molar-refractivity contribution in [2.24, 2.45) is 5.73 Å². The first-order valence-corrected chi connectivity index (χ1v) is 16.8. The monoisotopic (exact) mass is 790 g/mol. The van der Waals surface area contributed by atoms with Gasteiger partial charge in [0.15, 0.2) is 40.0 Å². The third-order valence-electron chi connectivity index (χ3n) is 6.78. The van der Waals surface area contributed by atoms with Crippen molar-refractivity contribution in [2.45, 2.75) is 49.1 Å². The molecular formula is C21H27IN7O14P2+. The average molecular weight is 790 g/mol. The van der Waals surface area contributed by atoms with E-state index in [9.17, 15) is 44.8 Å². The van der Waals surface area contributed by atoms with Gasteiger partial charge in [-0.3, -0.25) is 9.36 Å². The van der Waals surface area contributed by atoms with Gasteiger partial charge in [0.2, 0.25) is 0 Å². The molecule has 0 aliphatic carbocycles. The van der Waals surface area contributed by atoms with Crippen molar-refractivity contribution >= 4 is 61.8 Å². The van der Waals surface area contributed by atoms with E-state index >= 15 is 0 Å². The van der Waals surface area contributed by atoms with Gasteiger partial charge in [-0.1, -0.05) is 0 Å². The topological polar surface area (TPSA) is 330 Å². The lowest BCUT2D eigenvalue weighted by Gasteiger charge is -2.25. The molecule has 0 radical (unpaired) electrons. The molecule has 0 spiro atoms. The van der Waals surface area contributed by atoms with E-state index in [1.807, 2.05) is 22.6 Å². The third-order valence-corrected chi connectivity index (χ3v) is 9.86. The molecule has 0 aromatic carbocycles. The van der Waals surface area contributed by atoms with Crippen LogP contribution < -0.4 is 25.8 Å². The molecular weight excluding hydrogens is 763 g/mol. The molecule has 5 rings (SSSR count). The molecule has 45 heavy (non-hydrogen) atoms. The maximum absolute atomic E-state index is 12.5. The second-order valence-corrected chi connectivity index (χ2v) is 13.8. The third kappa shape index (κ3) is 7.46. The van der Waals surface area contributed by atoms with E-state index in [0.29, 0.717) is 0 Å². The summed E-state index contributed by atoms with van der Waals surface area (Å²) >= 11 is 1.81. The number of carbonyl (C=O) groups is 1. The first kappa shape index (κ1) is 34.4. The normalized spacial score (nSPS) is 31.2. The number of nitrogens with two attached hydrogens (primary N) is 2. The number of ether oxygens (including phenoxy) is 2. The number of pyridine rings is 1. The number of amides is 1. The van der Waals surface area contributed by atoms with Gasteiger partial charge in [-0.2, -0.15) is 23.4 Å². The molecule has 3 aromatic heterocycles. The van der Waals surface area contributed by atoms with Gasteiger partial charge in [-0.15, -0.1) is 0 Å². The van der Waals surface area contributed by atoms with Crippen LogP contribution in [-0.4, -0.2) is 105 Å². The predicted molar refractivity (Wildman–Crippen MR) is 151 cm³/mol. The van der Waals surface area contributed by atoms with Crippen LogP contribution in [0.1, 0.15) is 22.8 Å². The summed E-state index contributed by atoms with van der Waals surface area (Å²) < 4.78 is 27.6. The molecule has 2 unspecified atom stereocenters. The molecule has 2 saturated heterocycles. The number of nitrogens with zero attached hydrogens (tertiary/aromatic N) is 5. The van der Waals surface area contributed by atoms with E-state index in [2.05, 4.69) is 19.3 Å². The lowest BCUT2D eigenvalue weighted by Crippen LogP contribution is -2.46. The van der Waals surface area contributed by atoms with Gasteiger partial charge in [0.25, 0.3) is 12.1 Å². The summed E-state index contributed by atoms with van der Waals surface area (Å²) in [4.78, 5) is 68.7. The zero-order chi connectivity index (χ0) is 32.8. The van der Waals surface area contributed by atoms with Crippen LogP contribution in [0.3, 0.4) is 0 Å². The molecule has 10 atom stereocenters. The number of carbonyl (C=O) groups excluding carboxylic acids is 1. The number of aliphatic hydroxyl groups is 4. The number of aliphatic hydroxyl groups excluding tert-OH is 4. The van der Waals surface area contributed by atoms with Crippen molar-refractivity contribution in [3.63, 3.8) is 0 Å². The number of hydrogen-bond acceptors (Lipinski definition) is 18. The Kier molecular flexibility index (Phi) is 10.1. The molecule has 5 heterocycles. The maximum Gasteiger partial charge on any atom is 0.434 e. The number of primary amides is 1. The molecule has 2 aliphatic heterocycles. The molecule has 3 aromatic rings. The smallest absolute Gasteiger partial charge is 0.434 e. The van der Waals surface area contributed by atoms with Crippen molar-refractivity contribution < 1.29 is 72.2 Å². The van der Waals surface area contributed by atoms with Crippen molar-refractivity contribution in [2.75, 3.05) is 18.9 Å². The lowest BCUT2D eigenvalue weighted by molar-refractivity contribution is -0.765. The number of aromatic nitrogens is 5. The summed E-state index contributed by atoms with van der Waals surface area (Å²) in [5.41, 5.74) is 11.5. The predicted octanol–water partition coefficient (Wildman–Crippen LogP) is -4.55. The van der Waals surface area contributed by atoms with Crippen molar-refractivity contribution in [1.82, 2.24) is 19.5 Å². The first-order chi connectivity index (χ1) is 21.1. The van der Waals surface area contributed by atoms with Gasteiger partial charge < -0.3 is 51.2 Å². The Bertz CT molecular complexity index is 1550. The van der Waals surface area contributed by atoms with Crippen LogP contribution in [0.2, 0.25) is 0 Å². The summed E-state index contributed by atoms with van der Waals surface area (Å²) in [6.07, 6.45) is -8.01. The molecule has 0 saturated carbocycles. The minimum Gasteiger partial charge on any atom is -0.603 e. The number of imidazole rings is 1. The second-order valence-electron chi connectivity index (χ2n) is 9.81. The van der Waals surface area contributed by atoms with Crippen molar-refractivity contribution in [3.8, 4) is 0 Å². The van der Waals surface area contributed by atoms with Crippen LogP contribution in [0, 0.1) is 3.83 Å². The van der Waals surface area contributed by atoms with E-state index in [-0.39, 0.29) is 26.4 Å². The average Bonchev–Trinajstić information content (AvgIpc) is 3.60. The van der Waals surface area contributed by atoms with E-state index in [4.69, 9.17) is 30.0 Å². The van der Waals surface area contributed by atoms with Gasteiger partial charge in [-0.05, 0) is 6.07 Å². The molecule has 246 valence electrons. The Labute approximate surface area is 267 Å². The largest absolute Gasteiger partial charge is 0.603 e. The minimum absolute atomic E-state index is 0.0592. The quantitative estimate of drug-likeness (QED) is 0.0392. The number of phosphoric ester groups is 2. The molecule has 2 fully saturated rings. The fourth-order valence-electron chi connectivity index (χ4n) is 4.62. The SMILES string of the molecule is NC(=O)c1ccc[n+]([C@@H]2O[C@H](CO[P+]([O-])(O)O[P+]([O-])(O)OC[C@H]3O[C@@H](n4cnc5c(N)nc(I)nc54)[C@H](O)[C@@H]3O)[C@@H](O)[C@H]2O)c1. The Morgan fingerprint density at radius 3 is 2.31 bits per heavy atom. The Hall–Kier alpha value is -1.96. The van der Waals surface area contributed by atoms with Crippen LogP contribution in [0.5, 0.6) is 0 Å². The van der Waals surface area contributed by atoms with Crippen LogP contribution in [0.15, 0.2) is 30.9 Å². The highest BCUT2D eigenvalue weighted by molar-refractivity contribution is 14.1. The molecule has 1 amide bonds. The Balaban J connectivity index is 1.16. The van der Waals surface area contributed by atoms with Crippen LogP contribution in [0.25, 0.3) is 11.2 Å². The lowest BCUT2D eigenvalue weighted by atomic mass is 10.1. The Morgan fingerprint density at radius 2 is 1.67 bits per heavy atom.